The smallest absolute Gasteiger partial charge is 0.229 e. The van der Waals surface area contributed by atoms with Gasteiger partial charge in [-0.3, -0.25) is 4.57 Å². The maximum Gasteiger partial charge on any atom is 0.229 e. The molecule has 0 aliphatic carbocycles. The molecule has 2 aromatic carbocycles. The summed E-state index contributed by atoms with van der Waals surface area (Å²) in [6.07, 6.45) is 0.682. The highest BCUT2D eigenvalue weighted by Crippen LogP contribution is 2.34. The number of nitrogens with two attached hydrogens (primary N) is 1. The van der Waals surface area contributed by atoms with E-state index in [1.54, 1.807) is 11.8 Å². The number of hydrogen-bond donors (Lipinski definition) is 1. The minimum atomic E-state index is -0.0970. The Bertz CT molecular complexity index is 1140. The zero-order chi connectivity index (χ0) is 21.8. The predicted molar refractivity (Wildman–Crippen MR) is 123 cm³/mol. The van der Waals surface area contributed by atoms with Gasteiger partial charge >= 0.3 is 0 Å². The highest BCUT2D eigenvalue weighted by molar-refractivity contribution is 7.99. The number of rotatable bonds is 7. The van der Waals surface area contributed by atoms with Crippen LogP contribution in [0.2, 0.25) is 0 Å². The molecule has 0 aliphatic rings. The molecule has 31 heavy (non-hydrogen) atoms. The van der Waals surface area contributed by atoms with Crippen LogP contribution < -0.4 is 10.6 Å². The molecule has 0 bridgehead atoms. The van der Waals surface area contributed by atoms with Gasteiger partial charge in [-0.2, -0.15) is 15.0 Å². The second kappa shape index (κ2) is 9.13. The minimum Gasteiger partial charge on any atom is -0.368 e. The van der Waals surface area contributed by atoms with Crippen LogP contribution in [0, 0.1) is 0 Å². The number of aromatic nitrogens is 6. The predicted octanol–water partition coefficient (Wildman–Crippen LogP) is 3.54. The lowest BCUT2D eigenvalue weighted by atomic mass is 10.1. The van der Waals surface area contributed by atoms with Crippen molar-refractivity contribution < 1.29 is 0 Å². The van der Waals surface area contributed by atoms with Gasteiger partial charge in [0.1, 0.15) is 11.6 Å². The molecule has 4 aromatic rings. The van der Waals surface area contributed by atoms with Gasteiger partial charge in [-0.1, -0.05) is 60.3 Å². The van der Waals surface area contributed by atoms with Crippen molar-refractivity contribution in [2.75, 3.05) is 24.7 Å². The number of benzene rings is 2. The summed E-state index contributed by atoms with van der Waals surface area (Å²) in [6, 6.07) is 20.4. The van der Waals surface area contributed by atoms with E-state index in [0.29, 0.717) is 18.2 Å². The van der Waals surface area contributed by atoms with Crippen LogP contribution >= 0.6 is 11.8 Å². The van der Waals surface area contributed by atoms with Crippen molar-refractivity contribution >= 4 is 23.7 Å². The third-order valence-corrected chi connectivity index (χ3v) is 5.66. The zero-order valence-electron chi connectivity index (χ0n) is 17.7. The number of thioether (sulfide) groups is 1. The number of nitrogens with zero attached hydrogens (tertiary/aromatic N) is 7. The first kappa shape index (κ1) is 20.8. The molecule has 0 fully saturated rings. The Balaban J connectivity index is 1.68. The van der Waals surface area contributed by atoms with Gasteiger partial charge in [-0.05, 0) is 24.6 Å². The van der Waals surface area contributed by atoms with Crippen LogP contribution in [0.25, 0.3) is 5.69 Å². The molecule has 2 N–H and O–H groups in total. The summed E-state index contributed by atoms with van der Waals surface area (Å²) in [7, 11) is 3.75. The number of hydrogen-bond acceptors (Lipinski definition) is 8. The first-order valence-electron chi connectivity index (χ1n) is 9.90. The molecule has 1 atom stereocenters. The van der Waals surface area contributed by atoms with Crippen LogP contribution in [-0.2, 0) is 6.42 Å². The van der Waals surface area contributed by atoms with E-state index in [9.17, 15) is 0 Å². The van der Waals surface area contributed by atoms with Crippen LogP contribution in [0.3, 0.4) is 0 Å². The molecular weight excluding hydrogens is 408 g/mol. The van der Waals surface area contributed by atoms with E-state index < -0.39 is 0 Å². The van der Waals surface area contributed by atoms with Crippen LogP contribution in [0.5, 0.6) is 0 Å². The van der Waals surface area contributed by atoms with Gasteiger partial charge in [-0.15, -0.1) is 10.2 Å². The van der Waals surface area contributed by atoms with E-state index in [2.05, 4.69) is 54.0 Å². The van der Waals surface area contributed by atoms with Crippen LogP contribution in [0.1, 0.15) is 29.4 Å². The quantitative estimate of drug-likeness (QED) is 0.443. The summed E-state index contributed by atoms with van der Waals surface area (Å²) in [5.41, 5.74) is 8.10. The van der Waals surface area contributed by atoms with Crippen molar-refractivity contribution in [3.63, 3.8) is 0 Å². The molecule has 2 heterocycles. The lowest BCUT2D eigenvalue weighted by molar-refractivity contribution is 0.828. The van der Waals surface area contributed by atoms with Crippen molar-refractivity contribution in [1.29, 1.82) is 0 Å². The molecule has 2 aromatic heterocycles. The largest absolute Gasteiger partial charge is 0.368 e. The second-order valence-electron chi connectivity index (χ2n) is 7.24. The fraction of sp³-hybridized carbons (Fsp3) is 0.227. The zero-order valence-corrected chi connectivity index (χ0v) is 18.5. The Labute approximate surface area is 185 Å². The third kappa shape index (κ3) is 4.83. The molecule has 0 spiro atoms. The van der Waals surface area contributed by atoms with Gasteiger partial charge in [0.15, 0.2) is 5.16 Å². The summed E-state index contributed by atoms with van der Waals surface area (Å²) >= 11 is 1.54. The Morgan fingerprint density at radius 3 is 2.29 bits per heavy atom. The third-order valence-electron chi connectivity index (χ3n) is 4.62. The standard InChI is InChI=1S/C22H24N8S/c1-15(19-24-20(23)26-21(25-19)29(2)3)31-22-28-27-18(14-16-10-6-4-7-11-16)30(22)17-12-8-5-9-13-17/h4-13,15H,14H2,1-3H3,(H2,23,24,25,26)/t15-/m1/s1. The second-order valence-corrected chi connectivity index (χ2v) is 8.55. The molecular formula is C22H24N8S. The molecule has 0 saturated carbocycles. The highest BCUT2D eigenvalue weighted by Gasteiger charge is 2.21. The molecule has 0 radical (unpaired) electrons. The minimum absolute atomic E-state index is 0.0970. The van der Waals surface area contributed by atoms with E-state index in [4.69, 9.17) is 5.73 Å². The van der Waals surface area contributed by atoms with Gasteiger partial charge in [0, 0.05) is 26.2 Å². The summed E-state index contributed by atoms with van der Waals surface area (Å²) in [5.74, 6) is 2.21. The van der Waals surface area contributed by atoms with Crippen LogP contribution in [-0.4, -0.2) is 43.8 Å². The van der Waals surface area contributed by atoms with Crippen molar-refractivity contribution in [3.05, 3.63) is 77.9 Å². The van der Waals surface area contributed by atoms with E-state index in [-0.39, 0.29) is 11.2 Å². The van der Waals surface area contributed by atoms with Crippen LogP contribution in [0.4, 0.5) is 11.9 Å². The monoisotopic (exact) mass is 432 g/mol. The van der Waals surface area contributed by atoms with Gasteiger partial charge < -0.3 is 10.6 Å². The van der Waals surface area contributed by atoms with E-state index in [0.717, 1.165) is 16.7 Å². The number of anilines is 2. The molecule has 0 unspecified atom stereocenters. The summed E-state index contributed by atoms with van der Waals surface area (Å²) in [4.78, 5) is 14.9. The Hall–Kier alpha value is -3.46. The molecule has 158 valence electrons. The summed E-state index contributed by atoms with van der Waals surface area (Å²) in [6.45, 7) is 2.03. The SMILES string of the molecule is C[C@@H](Sc1nnc(Cc2ccccc2)n1-c1ccccc1)c1nc(N)nc(N(C)C)n1. The van der Waals surface area contributed by atoms with E-state index >= 15 is 0 Å². The molecule has 8 nitrogen and oxygen atoms in total. The first-order valence-corrected chi connectivity index (χ1v) is 10.8. The van der Waals surface area contributed by atoms with Crippen molar-refractivity contribution in [3.8, 4) is 5.69 Å². The lowest BCUT2D eigenvalue weighted by Crippen LogP contribution is -2.16. The van der Waals surface area contributed by atoms with Gasteiger partial charge in [0.25, 0.3) is 0 Å². The van der Waals surface area contributed by atoms with E-state index in [1.165, 1.54) is 5.56 Å². The average molecular weight is 433 g/mol. The molecule has 0 aliphatic heterocycles. The van der Waals surface area contributed by atoms with Gasteiger partial charge in [-0.25, -0.2) is 0 Å². The maximum atomic E-state index is 5.91. The molecule has 0 saturated heterocycles. The Morgan fingerprint density at radius 2 is 1.61 bits per heavy atom. The fourth-order valence-electron chi connectivity index (χ4n) is 3.10. The van der Waals surface area contributed by atoms with E-state index in [1.807, 2.05) is 62.3 Å². The Kier molecular flexibility index (Phi) is 6.13. The highest BCUT2D eigenvalue weighted by atomic mass is 32.2. The van der Waals surface area contributed by atoms with Crippen molar-refractivity contribution in [1.82, 2.24) is 29.7 Å². The fourth-order valence-corrected chi connectivity index (χ4v) is 4.03. The first-order chi connectivity index (χ1) is 15.0. The van der Waals surface area contributed by atoms with Crippen molar-refractivity contribution in [2.45, 2.75) is 23.8 Å². The Morgan fingerprint density at radius 1 is 0.935 bits per heavy atom. The van der Waals surface area contributed by atoms with Crippen LogP contribution in [0.15, 0.2) is 65.8 Å². The molecule has 4 rings (SSSR count). The van der Waals surface area contributed by atoms with Crippen molar-refractivity contribution in [2.24, 2.45) is 0 Å². The number of nitrogen functional groups attached to an aromatic ring is 1. The average Bonchev–Trinajstić information content (AvgIpc) is 3.16. The topological polar surface area (TPSA) is 98.6 Å². The molecule has 0 amide bonds. The normalized spacial score (nSPS) is 12.0. The number of para-hydroxylation sites is 1. The summed E-state index contributed by atoms with van der Waals surface area (Å²) < 4.78 is 2.09. The summed E-state index contributed by atoms with van der Waals surface area (Å²) in [5, 5.41) is 9.68. The van der Waals surface area contributed by atoms with Gasteiger partial charge in [0.2, 0.25) is 11.9 Å². The molecule has 9 heteroatoms. The lowest BCUT2D eigenvalue weighted by Gasteiger charge is -2.15. The van der Waals surface area contributed by atoms with Gasteiger partial charge in [0.05, 0.1) is 5.25 Å². The maximum absolute atomic E-state index is 5.91.